The van der Waals surface area contributed by atoms with Crippen molar-refractivity contribution < 1.29 is 0 Å². The smallest absolute Gasteiger partial charge is 0.0907 e. The van der Waals surface area contributed by atoms with Crippen molar-refractivity contribution in [2.45, 2.75) is 6.92 Å². The van der Waals surface area contributed by atoms with Crippen molar-refractivity contribution in [3.63, 3.8) is 0 Å². The first-order valence-corrected chi connectivity index (χ1v) is 4.44. The number of nitrogens with zero attached hydrogens (tertiary/aromatic N) is 2. The number of hydrogen-bond donors (Lipinski definition) is 0. The van der Waals surface area contributed by atoms with Gasteiger partial charge in [0, 0.05) is 14.1 Å². The normalized spacial score (nSPS) is 10.8. The van der Waals surface area contributed by atoms with Crippen LogP contribution in [0.4, 0.5) is 5.69 Å². The van der Waals surface area contributed by atoms with Crippen LogP contribution in [0.5, 0.6) is 0 Å². The number of rotatable bonds is 2. The van der Waals surface area contributed by atoms with Crippen LogP contribution in [0.25, 0.3) is 0 Å². The Labute approximate surface area is 83.8 Å². The van der Waals surface area contributed by atoms with E-state index >= 15 is 0 Å². The summed E-state index contributed by atoms with van der Waals surface area (Å²) >= 11 is 5.95. The summed E-state index contributed by atoms with van der Waals surface area (Å²) in [6, 6.07) is 5.79. The molecule has 0 fully saturated rings. The van der Waals surface area contributed by atoms with Crippen molar-refractivity contribution >= 4 is 23.6 Å². The second-order valence-corrected chi connectivity index (χ2v) is 3.57. The Hall–Kier alpha value is -1.02. The van der Waals surface area contributed by atoms with Gasteiger partial charge in [0.05, 0.1) is 17.0 Å². The van der Waals surface area contributed by atoms with E-state index in [-0.39, 0.29) is 0 Å². The highest BCUT2D eigenvalue weighted by molar-refractivity contribution is 6.33. The highest BCUT2D eigenvalue weighted by atomic mass is 35.5. The molecule has 0 radical (unpaired) electrons. The van der Waals surface area contributed by atoms with Crippen molar-refractivity contribution in [2.24, 2.45) is 4.99 Å². The summed E-state index contributed by atoms with van der Waals surface area (Å²) in [6.07, 6.45) is 1.74. The Morgan fingerprint density at radius 1 is 1.38 bits per heavy atom. The SMILES string of the molecule is Cc1ccc(Cl)c(N=CN(C)C)c1. The van der Waals surface area contributed by atoms with Crippen molar-refractivity contribution in [3.05, 3.63) is 28.8 Å². The van der Waals surface area contributed by atoms with Crippen LogP contribution in [-0.2, 0) is 0 Å². The number of halogens is 1. The van der Waals surface area contributed by atoms with Gasteiger partial charge in [-0.05, 0) is 24.6 Å². The van der Waals surface area contributed by atoms with E-state index in [1.807, 2.05) is 44.1 Å². The molecular formula is C10H13ClN2. The molecule has 1 aromatic rings. The zero-order chi connectivity index (χ0) is 9.84. The Balaban J connectivity index is 2.93. The van der Waals surface area contributed by atoms with Crippen LogP contribution in [0.3, 0.4) is 0 Å². The molecule has 0 aromatic heterocycles. The third-order valence-electron chi connectivity index (χ3n) is 1.53. The summed E-state index contributed by atoms with van der Waals surface area (Å²) in [7, 11) is 3.85. The lowest BCUT2D eigenvalue weighted by Gasteiger charge is -2.03. The molecule has 0 saturated carbocycles. The molecule has 0 spiro atoms. The van der Waals surface area contributed by atoms with Gasteiger partial charge in [0.25, 0.3) is 0 Å². The molecule has 1 rings (SSSR count). The first-order chi connectivity index (χ1) is 6.09. The zero-order valence-corrected chi connectivity index (χ0v) is 8.84. The topological polar surface area (TPSA) is 15.6 Å². The molecule has 3 heteroatoms. The maximum atomic E-state index is 5.95. The molecule has 0 saturated heterocycles. The van der Waals surface area contributed by atoms with Gasteiger partial charge in [-0.15, -0.1) is 0 Å². The molecule has 0 aliphatic heterocycles. The minimum absolute atomic E-state index is 0.684. The highest BCUT2D eigenvalue weighted by Gasteiger charge is 1.96. The molecule has 1 aromatic carbocycles. The molecule has 0 N–H and O–H groups in total. The minimum Gasteiger partial charge on any atom is -0.369 e. The molecule has 13 heavy (non-hydrogen) atoms. The Morgan fingerprint density at radius 3 is 2.69 bits per heavy atom. The van der Waals surface area contributed by atoms with Gasteiger partial charge in [0.15, 0.2) is 0 Å². The van der Waals surface area contributed by atoms with Gasteiger partial charge in [-0.2, -0.15) is 0 Å². The number of aryl methyl sites for hydroxylation is 1. The van der Waals surface area contributed by atoms with E-state index in [9.17, 15) is 0 Å². The highest BCUT2D eigenvalue weighted by Crippen LogP contribution is 2.25. The molecule has 0 amide bonds. The van der Waals surface area contributed by atoms with Crippen molar-refractivity contribution in [2.75, 3.05) is 14.1 Å². The number of benzene rings is 1. The predicted molar refractivity (Wildman–Crippen MR) is 58.0 cm³/mol. The Bertz CT molecular complexity index is 319. The van der Waals surface area contributed by atoms with Crippen LogP contribution in [0.15, 0.2) is 23.2 Å². The monoisotopic (exact) mass is 196 g/mol. The first-order valence-electron chi connectivity index (χ1n) is 4.06. The van der Waals surface area contributed by atoms with E-state index in [2.05, 4.69) is 4.99 Å². The summed E-state index contributed by atoms with van der Waals surface area (Å²) in [4.78, 5) is 6.11. The van der Waals surface area contributed by atoms with Crippen LogP contribution >= 0.6 is 11.6 Å². The quantitative estimate of drug-likeness (QED) is 0.525. The lowest BCUT2D eigenvalue weighted by molar-refractivity contribution is 0.643. The van der Waals surface area contributed by atoms with Gasteiger partial charge in [-0.3, -0.25) is 0 Å². The van der Waals surface area contributed by atoms with E-state index in [0.717, 1.165) is 11.3 Å². The fourth-order valence-corrected chi connectivity index (χ4v) is 1.07. The lowest BCUT2D eigenvalue weighted by atomic mass is 10.2. The summed E-state index contributed by atoms with van der Waals surface area (Å²) in [5.74, 6) is 0. The molecule has 0 unspecified atom stereocenters. The second-order valence-electron chi connectivity index (χ2n) is 3.16. The Kier molecular flexibility index (Phi) is 3.32. The van der Waals surface area contributed by atoms with Gasteiger partial charge in [0.2, 0.25) is 0 Å². The predicted octanol–water partition coefficient (Wildman–Crippen LogP) is 2.87. The summed E-state index contributed by atoms with van der Waals surface area (Å²) in [5, 5.41) is 0.684. The summed E-state index contributed by atoms with van der Waals surface area (Å²) in [6.45, 7) is 2.02. The van der Waals surface area contributed by atoms with E-state index < -0.39 is 0 Å². The first kappa shape index (κ1) is 10.1. The fraction of sp³-hybridized carbons (Fsp3) is 0.300. The third-order valence-corrected chi connectivity index (χ3v) is 1.85. The van der Waals surface area contributed by atoms with Crippen molar-refractivity contribution in [1.82, 2.24) is 4.90 Å². The molecular weight excluding hydrogens is 184 g/mol. The van der Waals surface area contributed by atoms with Gasteiger partial charge in [0.1, 0.15) is 0 Å². The van der Waals surface area contributed by atoms with E-state index in [0.29, 0.717) is 5.02 Å². The molecule has 2 nitrogen and oxygen atoms in total. The molecule has 0 atom stereocenters. The third kappa shape index (κ3) is 3.07. The van der Waals surface area contributed by atoms with Gasteiger partial charge >= 0.3 is 0 Å². The van der Waals surface area contributed by atoms with E-state index in [4.69, 9.17) is 11.6 Å². The minimum atomic E-state index is 0.684. The molecule has 0 heterocycles. The van der Waals surface area contributed by atoms with Crippen LogP contribution < -0.4 is 0 Å². The summed E-state index contributed by atoms with van der Waals surface area (Å²) in [5.41, 5.74) is 1.98. The van der Waals surface area contributed by atoms with Gasteiger partial charge in [-0.25, -0.2) is 4.99 Å². The number of aliphatic imine (C=N–C) groups is 1. The molecule has 0 aliphatic carbocycles. The average molecular weight is 197 g/mol. The standard InChI is InChI=1S/C10H13ClN2/c1-8-4-5-9(11)10(6-8)12-7-13(2)3/h4-7H,1-3H3. The van der Waals surface area contributed by atoms with Crippen LogP contribution in [0.2, 0.25) is 5.02 Å². The fourth-order valence-electron chi connectivity index (χ4n) is 0.899. The lowest BCUT2D eigenvalue weighted by Crippen LogP contribution is -2.06. The maximum absolute atomic E-state index is 5.95. The van der Waals surface area contributed by atoms with Crippen molar-refractivity contribution in [1.29, 1.82) is 0 Å². The number of hydrogen-bond acceptors (Lipinski definition) is 1. The van der Waals surface area contributed by atoms with Crippen molar-refractivity contribution in [3.8, 4) is 0 Å². The molecule has 0 bridgehead atoms. The average Bonchev–Trinajstić information content (AvgIpc) is 2.06. The Morgan fingerprint density at radius 2 is 2.08 bits per heavy atom. The van der Waals surface area contributed by atoms with E-state index in [1.54, 1.807) is 6.34 Å². The van der Waals surface area contributed by atoms with Crippen LogP contribution in [0, 0.1) is 6.92 Å². The van der Waals surface area contributed by atoms with Crippen LogP contribution in [-0.4, -0.2) is 25.3 Å². The van der Waals surface area contributed by atoms with Gasteiger partial charge in [-0.1, -0.05) is 17.7 Å². The molecule has 0 aliphatic rings. The second kappa shape index (κ2) is 4.28. The zero-order valence-electron chi connectivity index (χ0n) is 8.08. The van der Waals surface area contributed by atoms with Gasteiger partial charge < -0.3 is 4.90 Å². The summed E-state index contributed by atoms with van der Waals surface area (Å²) < 4.78 is 0. The maximum Gasteiger partial charge on any atom is 0.0907 e. The van der Waals surface area contributed by atoms with Crippen LogP contribution in [0.1, 0.15) is 5.56 Å². The van der Waals surface area contributed by atoms with E-state index in [1.165, 1.54) is 0 Å². The molecule has 70 valence electrons. The largest absolute Gasteiger partial charge is 0.369 e.